The number of benzene rings is 1. The Balaban J connectivity index is 1.45. The Labute approximate surface area is 166 Å². The van der Waals surface area contributed by atoms with Crippen LogP contribution in [0.3, 0.4) is 0 Å². The lowest BCUT2D eigenvalue weighted by Gasteiger charge is -2.20. The molecule has 1 aliphatic rings. The first-order valence-electron chi connectivity index (χ1n) is 8.76. The summed E-state index contributed by atoms with van der Waals surface area (Å²) in [4.78, 5) is 26.1. The molecule has 10 heteroatoms. The first kappa shape index (κ1) is 19.6. The van der Waals surface area contributed by atoms with Crippen LogP contribution in [0.4, 0.5) is 0 Å². The molecule has 0 unspecified atom stereocenters. The lowest BCUT2D eigenvalue weighted by molar-refractivity contribution is -0.133. The number of amides is 2. The van der Waals surface area contributed by atoms with Crippen molar-refractivity contribution in [2.45, 2.75) is 37.5 Å². The molecular formula is C17H21ClN6O2S. The number of carbonyl (C=O) groups excluding carboxylic acids is 2. The molecule has 27 heavy (non-hydrogen) atoms. The summed E-state index contributed by atoms with van der Waals surface area (Å²) < 4.78 is 1.77. The zero-order valence-electron chi connectivity index (χ0n) is 15.0. The quantitative estimate of drug-likeness (QED) is 0.637. The van der Waals surface area contributed by atoms with Crippen molar-refractivity contribution in [2.75, 3.05) is 18.8 Å². The fourth-order valence-electron chi connectivity index (χ4n) is 2.45. The minimum absolute atomic E-state index is 0.0248. The van der Waals surface area contributed by atoms with E-state index in [-0.39, 0.29) is 24.1 Å². The van der Waals surface area contributed by atoms with E-state index in [9.17, 15) is 9.59 Å². The SMILES string of the molecule is CCN(CC(=O)NCc1ccc(Cl)cc1)C(=O)CSc1nnnn1C1CC1. The number of nitrogens with one attached hydrogen (secondary N) is 1. The van der Waals surface area contributed by atoms with Crippen molar-refractivity contribution in [3.63, 3.8) is 0 Å². The second-order valence-corrected chi connectivity index (χ2v) is 7.62. The summed E-state index contributed by atoms with van der Waals surface area (Å²) >= 11 is 7.15. The van der Waals surface area contributed by atoms with Crippen LogP contribution < -0.4 is 5.32 Å². The van der Waals surface area contributed by atoms with Crippen LogP contribution in [0.2, 0.25) is 5.02 Å². The van der Waals surface area contributed by atoms with Crippen LogP contribution in [0.25, 0.3) is 0 Å². The first-order valence-corrected chi connectivity index (χ1v) is 10.1. The molecule has 2 aromatic rings. The summed E-state index contributed by atoms with van der Waals surface area (Å²) in [7, 11) is 0. The molecule has 0 saturated heterocycles. The molecule has 0 spiro atoms. The highest BCUT2D eigenvalue weighted by molar-refractivity contribution is 7.99. The Bertz CT molecular complexity index is 793. The predicted octanol–water partition coefficient (Wildman–Crippen LogP) is 1.92. The van der Waals surface area contributed by atoms with Gasteiger partial charge >= 0.3 is 0 Å². The van der Waals surface area contributed by atoms with E-state index in [0.717, 1.165) is 18.4 Å². The molecule has 0 bridgehead atoms. The maximum Gasteiger partial charge on any atom is 0.239 e. The lowest BCUT2D eigenvalue weighted by atomic mass is 10.2. The number of aromatic nitrogens is 4. The van der Waals surface area contributed by atoms with E-state index in [1.807, 2.05) is 19.1 Å². The molecule has 8 nitrogen and oxygen atoms in total. The van der Waals surface area contributed by atoms with Gasteiger partial charge in [-0.15, -0.1) is 5.10 Å². The number of halogens is 1. The van der Waals surface area contributed by atoms with Crippen LogP contribution in [0.5, 0.6) is 0 Å². The summed E-state index contributed by atoms with van der Waals surface area (Å²) in [6.45, 7) is 2.73. The van der Waals surface area contributed by atoms with Gasteiger partial charge in [0.25, 0.3) is 0 Å². The van der Waals surface area contributed by atoms with E-state index >= 15 is 0 Å². The number of hydrogen-bond acceptors (Lipinski definition) is 6. The highest BCUT2D eigenvalue weighted by Gasteiger charge is 2.28. The van der Waals surface area contributed by atoms with E-state index in [2.05, 4.69) is 20.8 Å². The van der Waals surface area contributed by atoms with Gasteiger partial charge in [-0.1, -0.05) is 35.5 Å². The average Bonchev–Trinajstić information content (AvgIpc) is 3.41. The van der Waals surface area contributed by atoms with Crippen molar-refractivity contribution >= 4 is 35.2 Å². The lowest BCUT2D eigenvalue weighted by Crippen LogP contribution is -2.41. The smallest absolute Gasteiger partial charge is 0.239 e. The van der Waals surface area contributed by atoms with Gasteiger partial charge in [-0.05, 0) is 47.9 Å². The molecule has 1 aliphatic carbocycles. The Morgan fingerprint density at radius 1 is 1.33 bits per heavy atom. The average molecular weight is 409 g/mol. The van der Waals surface area contributed by atoms with Gasteiger partial charge < -0.3 is 10.2 Å². The van der Waals surface area contributed by atoms with Gasteiger partial charge in [0.1, 0.15) is 0 Å². The molecule has 144 valence electrons. The number of nitrogens with zero attached hydrogens (tertiary/aromatic N) is 5. The fourth-order valence-corrected chi connectivity index (χ4v) is 3.43. The summed E-state index contributed by atoms with van der Waals surface area (Å²) in [6.07, 6.45) is 2.14. The Hall–Kier alpha value is -2.13. The van der Waals surface area contributed by atoms with Crippen LogP contribution >= 0.6 is 23.4 Å². The monoisotopic (exact) mass is 408 g/mol. The number of rotatable bonds is 9. The maximum absolute atomic E-state index is 12.4. The molecule has 1 aromatic carbocycles. The number of hydrogen-bond donors (Lipinski definition) is 1. The molecule has 0 atom stereocenters. The van der Waals surface area contributed by atoms with Gasteiger partial charge in [-0.3, -0.25) is 9.59 Å². The topological polar surface area (TPSA) is 93.0 Å². The first-order chi connectivity index (χ1) is 13.1. The van der Waals surface area contributed by atoms with E-state index in [1.165, 1.54) is 16.7 Å². The highest BCUT2D eigenvalue weighted by Crippen LogP contribution is 2.36. The predicted molar refractivity (Wildman–Crippen MR) is 102 cm³/mol. The van der Waals surface area contributed by atoms with Gasteiger partial charge in [-0.25, -0.2) is 4.68 Å². The summed E-state index contributed by atoms with van der Waals surface area (Å²) in [5.41, 5.74) is 0.949. The Kier molecular flexibility index (Phi) is 6.68. The number of likely N-dealkylation sites (N-methyl/N-ethyl adjacent to an activating group) is 1. The van der Waals surface area contributed by atoms with Gasteiger partial charge in [-0.2, -0.15) is 0 Å². The molecule has 2 amide bonds. The highest BCUT2D eigenvalue weighted by atomic mass is 35.5. The molecule has 3 rings (SSSR count). The Morgan fingerprint density at radius 3 is 2.74 bits per heavy atom. The van der Waals surface area contributed by atoms with E-state index in [4.69, 9.17) is 11.6 Å². The van der Waals surface area contributed by atoms with E-state index < -0.39 is 0 Å². The molecular weight excluding hydrogens is 388 g/mol. The van der Waals surface area contributed by atoms with E-state index in [1.54, 1.807) is 16.8 Å². The van der Waals surface area contributed by atoms with Crippen molar-refractivity contribution in [1.29, 1.82) is 0 Å². The molecule has 0 aliphatic heterocycles. The summed E-state index contributed by atoms with van der Waals surface area (Å²) in [5.74, 6) is -0.117. The standard InChI is InChI=1S/C17H21ClN6O2S/c1-2-23(10-15(25)19-9-12-3-5-13(18)6-4-12)16(26)11-27-17-20-21-22-24(17)14-7-8-14/h3-6,14H,2,7-11H2,1H3,(H,19,25). The van der Waals surface area contributed by atoms with Crippen LogP contribution in [0.1, 0.15) is 31.4 Å². The molecule has 1 N–H and O–H groups in total. The minimum atomic E-state index is -0.201. The third-order valence-corrected chi connectivity index (χ3v) is 5.32. The normalized spacial score (nSPS) is 13.4. The zero-order valence-corrected chi connectivity index (χ0v) is 16.5. The number of tetrazole rings is 1. The van der Waals surface area contributed by atoms with Gasteiger partial charge in [0.15, 0.2) is 0 Å². The number of carbonyl (C=O) groups is 2. The second-order valence-electron chi connectivity index (χ2n) is 6.24. The van der Waals surface area contributed by atoms with Crippen molar-refractivity contribution < 1.29 is 9.59 Å². The third-order valence-electron chi connectivity index (χ3n) is 4.15. The van der Waals surface area contributed by atoms with Crippen molar-refractivity contribution in [1.82, 2.24) is 30.4 Å². The minimum Gasteiger partial charge on any atom is -0.350 e. The van der Waals surface area contributed by atoms with Crippen LogP contribution in [0.15, 0.2) is 29.4 Å². The molecule has 0 radical (unpaired) electrons. The molecule has 1 fully saturated rings. The third kappa shape index (κ3) is 5.67. The van der Waals surface area contributed by atoms with Crippen molar-refractivity contribution in [2.24, 2.45) is 0 Å². The van der Waals surface area contributed by atoms with Crippen LogP contribution in [-0.2, 0) is 16.1 Å². The van der Waals surface area contributed by atoms with Crippen molar-refractivity contribution in [3.05, 3.63) is 34.9 Å². The number of thioether (sulfide) groups is 1. The maximum atomic E-state index is 12.4. The summed E-state index contributed by atoms with van der Waals surface area (Å²) in [5, 5.41) is 15.7. The molecule has 1 heterocycles. The van der Waals surface area contributed by atoms with Crippen molar-refractivity contribution in [3.8, 4) is 0 Å². The fraction of sp³-hybridized carbons (Fsp3) is 0.471. The summed E-state index contributed by atoms with van der Waals surface area (Å²) in [6, 6.07) is 7.62. The molecule has 1 aromatic heterocycles. The zero-order chi connectivity index (χ0) is 19.2. The van der Waals surface area contributed by atoms with Crippen LogP contribution in [-0.4, -0.2) is 55.8 Å². The second kappa shape index (κ2) is 9.18. The van der Waals surface area contributed by atoms with Crippen LogP contribution in [0, 0.1) is 0 Å². The Morgan fingerprint density at radius 2 is 2.07 bits per heavy atom. The van der Waals surface area contributed by atoms with Gasteiger partial charge in [0, 0.05) is 18.1 Å². The molecule has 1 saturated carbocycles. The van der Waals surface area contributed by atoms with Gasteiger partial charge in [0.05, 0.1) is 18.3 Å². The van der Waals surface area contributed by atoms with E-state index in [0.29, 0.717) is 29.3 Å². The van der Waals surface area contributed by atoms with Gasteiger partial charge in [0.2, 0.25) is 17.0 Å². The largest absolute Gasteiger partial charge is 0.350 e.